The monoisotopic (exact) mass is 324 g/mol. The van der Waals surface area contributed by atoms with Crippen molar-refractivity contribution in [1.82, 2.24) is 9.78 Å². The zero-order valence-electron chi connectivity index (χ0n) is 10.4. The molecule has 3 rings (SSSR count). The van der Waals surface area contributed by atoms with Gasteiger partial charge in [-0.2, -0.15) is 4.68 Å². The van der Waals surface area contributed by atoms with Crippen molar-refractivity contribution in [2.24, 2.45) is 0 Å². The van der Waals surface area contributed by atoms with Crippen LogP contribution in [0, 0.1) is 16.5 Å². The van der Waals surface area contributed by atoms with Crippen molar-refractivity contribution in [2.45, 2.75) is 0 Å². The van der Waals surface area contributed by atoms with Gasteiger partial charge in [0.05, 0.1) is 10.7 Å². The molecule has 0 unspecified atom stereocenters. The summed E-state index contributed by atoms with van der Waals surface area (Å²) >= 11 is 11.1. The molecule has 0 aliphatic heterocycles. The van der Waals surface area contributed by atoms with Crippen LogP contribution in [0.25, 0.3) is 17.1 Å². The molecule has 0 saturated heterocycles. The van der Waals surface area contributed by atoms with Crippen LogP contribution in [0.15, 0.2) is 46.9 Å². The molecule has 21 heavy (non-hydrogen) atoms. The number of hydrogen-bond acceptors (Lipinski definition) is 3. The third kappa shape index (κ3) is 2.48. The summed E-state index contributed by atoms with van der Waals surface area (Å²) in [6, 6.07) is 10.3. The van der Waals surface area contributed by atoms with Gasteiger partial charge in [0, 0.05) is 0 Å². The Morgan fingerprint density at radius 2 is 1.71 bits per heavy atom. The van der Waals surface area contributed by atoms with Gasteiger partial charge in [0.2, 0.25) is 0 Å². The molecule has 106 valence electrons. The molecule has 3 aromatic rings. The summed E-state index contributed by atoms with van der Waals surface area (Å²) in [7, 11) is 0. The van der Waals surface area contributed by atoms with Crippen LogP contribution in [-0.2, 0) is 0 Å². The minimum absolute atomic E-state index is 0.0549. The Labute approximate surface area is 128 Å². The Morgan fingerprint density at radius 1 is 1.05 bits per heavy atom. The number of aromatic nitrogens is 2. The molecular weight excluding hydrogens is 318 g/mol. The van der Waals surface area contributed by atoms with Crippen LogP contribution in [0.1, 0.15) is 0 Å². The maximum Gasteiger partial charge on any atom is 0.292 e. The highest BCUT2D eigenvalue weighted by molar-refractivity contribution is 7.71. The number of halogens is 3. The number of hydrogen-bond donors (Lipinski definition) is 0. The molecule has 0 radical (unpaired) electrons. The molecule has 1 aromatic heterocycles. The summed E-state index contributed by atoms with van der Waals surface area (Å²) in [5.41, 5.74) is 0.102. The second-order valence-electron chi connectivity index (χ2n) is 4.13. The molecular formula is C14H7ClF2N2OS. The average molecular weight is 325 g/mol. The molecule has 0 saturated carbocycles. The molecule has 0 amide bonds. The highest BCUT2D eigenvalue weighted by Gasteiger charge is 2.18. The first-order valence-electron chi connectivity index (χ1n) is 5.87. The summed E-state index contributed by atoms with van der Waals surface area (Å²) in [6.45, 7) is 0. The predicted octanol–water partition coefficient (Wildman–Crippen LogP) is 4.79. The predicted molar refractivity (Wildman–Crippen MR) is 77.0 cm³/mol. The number of para-hydroxylation sites is 1. The van der Waals surface area contributed by atoms with Crippen LogP contribution in [0.4, 0.5) is 8.78 Å². The van der Waals surface area contributed by atoms with Gasteiger partial charge in [-0.1, -0.05) is 29.8 Å². The summed E-state index contributed by atoms with van der Waals surface area (Å²) in [4.78, 5) is -0.0549. The molecule has 0 N–H and O–H groups in total. The molecule has 0 aliphatic carbocycles. The lowest BCUT2D eigenvalue weighted by atomic mass is 10.2. The Hall–Kier alpha value is -2.05. The first-order chi connectivity index (χ1) is 10.1. The summed E-state index contributed by atoms with van der Waals surface area (Å²) in [5, 5.41) is 4.41. The largest absolute Gasteiger partial charge is 0.409 e. The lowest BCUT2D eigenvalue weighted by Crippen LogP contribution is -1.98. The van der Waals surface area contributed by atoms with Crippen molar-refractivity contribution in [3.8, 4) is 17.1 Å². The van der Waals surface area contributed by atoms with Crippen LogP contribution >= 0.6 is 23.8 Å². The van der Waals surface area contributed by atoms with Crippen molar-refractivity contribution >= 4 is 23.8 Å². The fourth-order valence-electron chi connectivity index (χ4n) is 1.86. The van der Waals surface area contributed by atoms with Crippen LogP contribution in [0.3, 0.4) is 0 Å². The molecule has 7 heteroatoms. The quantitative estimate of drug-likeness (QED) is 0.635. The normalized spacial score (nSPS) is 10.8. The Balaban J connectivity index is 2.20. The molecule has 0 aliphatic rings. The van der Waals surface area contributed by atoms with E-state index in [0.717, 1.165) is 12.1 Å². The number of rotatable bonds is 2. The first kappa shape index (κ1) is 13.9. The van der Waals surface area contributed by atoms with E-state index in [1.54, 1.807) is 24.3 Å². The lowest BCUT2D eigenvalue weighted by molar-refractivity contribution is 0.525. The summed E-state index contributed by atoms with van der Waals surface area (Å²) in [5.74, 6) is -1.80. The average Bonchev–Trinajstić information content (AvgIpc) is 2.81. The molecule has 3 nitrogen and oxygen atoms in total. The van der Waals surface area contributed by atoms with E-state index in [1.807, 2.05) is 0 Å². The summed E-state index contributed by atoms with van der Waals surface area (Å²) < 4.78 is 33.9. The van der Waals surface area contributed by atoms with Gasteiger partial charge in [-0.05, 0) is 36.5 Å². The van der Waals surface area contributed by atoms with Crippen molar-refractivity contribution in [3.05, 3.63) is 64.0 Å². The van der Waals surface area contributed by atoms with Gasteiger partial charge in [-0.25, -0.2) is 8.78 Å². The van der Waals surface area contributed by atoms with Gasteiger partial charge in [-0.15, -0.1) is 5.10 Å². The van der Waals surface area contributed by atoms with E-state index in [4.69, 9.17) is 28.2 Å². The standard InChI is InChI=1S/C14H7ClF2N2OS/c15-8-4-1-2-7-11(8)19-14(21)20-13(18-19)12-9(16)5-3-6-10(12)17/h1-7H. The van der Waals surface area contributed by atoms with Crippen molar-refractivity contribution < 1.29 is 13.2 Å². The second kappa shape index (κ2) is 5.38. The Morgan fingerprint density at radius 3 is 2.38 bits per heavy atom. The van der Waals surface area contributed by atoms with Gasteiger partial charge in [0.15, 0.2) is 0 Å². The topological polar surface area (TPSA) is 31.0 Å². The fourth-order valence-corrected chi connectivity index (χ4v) is 2.29. The highest BCUT2D eigenvalue weighted by Crippen LogP contribution is 2.27. The highest BCUT2D eigenvalue weighted by atomic mass is 35.5. The van der Waals surface area contributed by atoms with Gasteiger partial charge in [0.25, 0.3) is 10.7 Å². The van der Waals surface area contributed by atoms with Gasteiger partial charge in [0.1, 0.15) is 17.2 Å². The SMILES string of the molecule is Fc1cccc(F)c1-c1nn(-c2ccccc2Cl)c(=S)o1. The summed E-state index contributed by atoms with van der Waals surface area (Å²) in [6.07, 6.45) is 0. The van der Waals surface area contributed by atoms with Crippen LogP contribution in [0.2, 0.25) is 5.02 Å². The molecule has 1 heterocycles. The fraction of sp³-hybridized carbons (Fsp3) is 0. The molecule has 2 aromatic carbocycles. The maximum atomic E-state index is 13.7. The van der Waals surface area contributed by atoms with Crippen molar-refractivity contribution in [1.29, 1.82) is 0 Å². The van der Waals surface area contributed by atoms with Crippen LogP contribution in [0.5, 0.6) is 0 Å². The van der Waals surface area contributed by atoms with E-state index in [-0.39, 0.29) is 16.3 Å². The zero-order chi connectivity index (χ0) is 15.0. The zero-order valence-corrected chi connectivity index (χ0v) is 12.0. The Kier molecular flexibility index (Phi) is 3.57. The van der Waals surface area contributed by atoms with E-state index in [0.29, 0.717) is 10.7 Å². The first-order valence-corrected chi connectivity index (χ1v) is 6.66. The smallest absolute Gasteiger partial charge is 0.292 e. The van der Waals surface area contributed by atoms with E-state index >= 15 is 0 Å². The minimum Gasteiger partial charge on any atom is -0.409 e. The van der Waals surface area contributed by atoms with Gasteiger partial charge >= 0.3 is 0 Å². The van der Waals surface area contributed by atoms with Crippen molar-refractivity contribution in [3.63, 3.8) is 0 Å². The molecule has 0 spiro atoms. The van der Waals surface area contributed by atoms with Gasteiger partial charge < -0.3 is 4.42 Å². The molecule has 0 atom stereocenters. The number of nitrogens with zero attached hydrogens (tertiary/aromatic N) is 2. The van der Waals surface area contributed by atoms with Crippen molar-refractivity contribution in [2.75, 3.05) is 0 Å². The van der Waals surface area contributed by atoms with E-state index < -0.39 is 11.6 Å². The van der Waals surface area contributed by atoms with E-state index in [2.05, 4.69) is 5.10 Å². The third-order valence-corrected chi connectivity index (χ3v) is 3.38. The third-order valence-electron chi connectivity index (χ3n) is 2.81. The lowest BCUT2D eigenvalue weighted by Gasteiger charge is -2.01. The van der Waals surface area contributed by atoms with E-state index in [9.17, 15) is 8.78 Å². The molecule has 0 fully saturated rings. The van der Waals surface area contributed by atoms with Crippen LogP contribution in [-0.4, -0.2) is 9.78 Å². The van der Waals surface area contributed by atoms with Gasteiger partial charge in [-0.3, -0.25) is 0 Å². The van der Waals surface area contributed by atoms with Crippen LogP contribution < -0.4 is 0 Å². The minimum atomic E-state index is -0.780. The molecule has 0 bridgehead atoms. The number of benzene rings is 2. The van der Waals surface area contributed by atoms with E-state index in [1.165, 1.54) is 10.7 Å². The Bertz CT molecular complexity index is 855. The second-order valence-corrected chi connectivity index (χ2v) is 4.89. The maximum absolute atomic E-state index is 13.7.